The number of guanidine groups is 1. The van der Waals surface area contributed by atoms with Crippen molar-refractivity contribution in [3.63, 3.8) is 0 Å². The quantitative estimate of drug-likeness (QED) is 0.309. The van der Waals surface area contributed by atoms with Crippen LogP contribution in [-0.4, -0.2) is 38.4 Å². The highest BCUT2D eigenvalue weighted by atomic mass is 127. The molecular formula is C18H26IN3O4. The SMILES string of the molecule is CCNC(=NCc1cc(OC)c(O)c(OC)c1)NCCc1ccco1.I. The molecule has 1 aromatic carbocycles. The molecule has 3 N–H and O–H groups in total. The topological polar surface area (TPSA) is 88.3 Å². The van der Waals surface area contributed by atoms with Crippen LogP contribution in [0, 0.1) is 0 Å². The molecule has 0 bridgehead atoms. The third-order valence-corrected chi connectivity index (χ3v) is 3.55. The van der Waals surface area contributed by atoms with Gasteiger partial charge < -0.3 is 29.6 Å². The second-order valence-corrected chi connectivity index (χ2v) is 5.30. The van der Waals surface area contributed by atoms with Crippen LogP contribution in [-0.2, 0) is 13.0 Å². The van der Waals surface area contributed by atoms with Gasteiger partial charge in [0.25, 0.3) is 0 Å². The maximum atomic E-state index is 9.96. The molecule has 1 heterocycles. The molecule has 0 atom stereocenters. The Bertz CT molecular complexity index is 665. The molecular weight excluding hydrogens is 449 g/mol. The van der Waals surface area contributed by atoms with Crippen LogP contribution in [0.25, 0.3) is 0 Å². The molecule has 2 aromatic rings. The van der Waals surface area contributed by atoms with Crippen molar-refractivity contribution >= 4 is 29.9 Å². The smallest absolute Gasteiger partial charge is 0.200 e. The maximum absolute atomic E-state index is 9.96. The summed E-state index contributed by atoms with van der Waals surface area (Å²) in [5, 5.41) is 16.4. The number of halogens is 1. The minimum Gasteiger partial charge on any atom is -0.502 e. The summed E-state index contributed by atoms with van der Waals surface area (Å²) in [5.74, 6) is 2.35. The summed E-state index contributed by atoms with van der Waals surface area (Å²) in [6.45, 7) is 3.90. The summed E-state index contributed by atoms with van der Waals surface area (Å²) in [4.78, 5) is 4.55. The highest BCUT2D eigenvalue weighted by Crippen LogP contribution is 2.37. The Morgan fingerprint density at radius 3 is 2.42 bits per heavy atom. The van der Waals surface area contributed by atoms with Crippen molar-refractivity contribution in [2.45, 2.75) is 19.9 Å². The molecule has 0 fully saturated rings. The number of aliphatic imine (C=N–C) groups is 1. The lowest BCUT2D eigenvalue weighted by molar-refractivity contribution is 0.339. The van der Waals surface area contributed by atoms with Gasteiger partial charge in [-0.25, -0.2) is 4.99 Å². The molecule has 0 radical (unpaired) electrons. The normalized spacial score (nSPS) is 10.8. The number of hydrogen-bond donors (Lipinski definition) is 3. The molecule has 144 valence electrons. The molecule has 0 unspecified atom stereocenters. The van der Waals surface area contributed by atoms with E-state index in [2.05, 4.69) is 15.6 Å². The van der Waals surface area contributed by atoms with Crippen LogP contribution >= 0.6 is 24.0 Å². The van der Waals surface area contributed by atoms with E-state index in [9.17, 15) is 5.11 Å². The standard InChI is InChI=1S/C18H25N3O4.HI/c1-4-19-18(20-8-7-14-6-5-9-25-14)21-12-13-10-15(23-2)17(22)16(11-13)24-3;/h5-6,9-11,22H,4,7-8,12H2,1-3H3,(H2,19,20,21);1H. The van der Waals surface area contributed by atoms with Crippen LogP contribution in [0.5, 0.6) is 17.2 Å². The maximum Gasteiger partial charge on any atom is 0.200 e. The Kier molecular flexibility index (Phi) is 9.71. The molecule has 0 aliphatic rings. The molecule has 8 heteroatoms. The Morgan fingerprint density at radius 1 is 1.19 bits per heavy atom. The van der Waals surface area contributed by atoms with Gasteiger partial charge in [0.2, 0.25) is 5.75 Å². The average Bonchev–Trinajstić information content (AvgIpc) is 3.14. The van der Waals surface area contributed by atoms with Crippen molar-refractivity contribution in [1.82, 2.24) is 10.6 Å². The fourth-order valence-corrected chi connectivity index (χ4v) is 2.31. The lowest BCUT2D eigenvalue weighted by atomic mass is 10.2. The van der Waals surface area contributed by atoms with E-state index in [0.717, 1.165) is 24.3 Å². The summed E-state index contributed by atoms with van der Waals surface area (Å²) >= 11 is 0. The second-order valence-electron chi connectivity index (χ2n) is 5.30. The van der Waals surface area contributed by atoms with Gasteiger partial charge in [0.05, 0.1) is 27.0 Å². The zero-order valence-corrected chi connectivity index (χ0v) is 17.6. The van der Waals surface area contributed by atoms with Crippen LogP contribution < -0.4 is 20.1 Å². The Labute approximate surface area is 170 Å². The molecule has 0 aliphatic heterocycles. The largest absolute Gasteiger partial charge is 0.502 e. The van der Waals surface area contributed by atoms with Crippen LogP contribution in [0.1, 0.15) is 18.2 Å². The zero-order chi connectivity index (χ0) is 18.1. The van der Waals surface area contributed by atoms with Gasteiger partial charge in [-0.05, 0) is 36.8 Å². The molecule has 1 aromatic heterocycles. The molecule has 0 amide bonds. The van der Waals surface area contributed by atoms with Gasteiger partial charge in [-0.1, -0.05) is 0 Å². The second kappa shape index (κ2) is 11.5. The third-order valence-electron chi connectivity index (χ3n) is 3.55. The fraction of sp³-hybridized carbons (Fsp3) is 0.389. The predicted octanol–water partition coefficient (Wildman–Crippen LogP) is 2.92. The predicted molar refractivity (Wildman–Crippen MR) is 112 cm³/mol. The van der Waals surface area contributed by atoms with Gasteiger partial charge in [0.1, 0.15) is 5.76 Å². The van der Waals surface area contributed by atoms with E-state index in [0.29, 0.717) is 30.5 Å². The summed E-state index contributed by atoms with van der Waals surface area (Å²) < 4.78 is 15.7. The first kappa shape index (κ1) is 21.9. The van der Waals surface area contributed by atoms with Crippen LogP contribution in [0.2, 0.25) is 0 Å². The lowest BCUT2D eigenvalue weighted by Gasteiger charge is -2.12. The van der Waals surface area contributed by atoms with Gasteiger partial charge in [-0.15, -0.1) is 24.0 Å². The summed E-state index contributed by atoms with van der Waals surface area (Å²) in [6.07, 6.45) is 2.44. The minimum absolute atomic E-state index is 0. The number of phenolic OH excluding ortho intramolecular Hbond substituents is 1. The van der Waals surface area contributed by atoms with Gasteiger partial charge in [0.15, 0.2) is 17.5 Å². The van der Waals surface area contributed by atoms with E-state index in [1.165, 1.54) is 14.2 Å². The summed E-state index contributed by atoms with van der Waals surface area (Å²) in [6, 6.07) is 7.31. The number of methoxy groups -OCH3 is 2. The first-order chi connectivity index (χ1) is 12.2. The number of phenols is 1. The lowest BCUT2D eigenvalue weighted by Crippen LogP contribution is -2.38. The number of benzene rings is 1. The van der Waals surface area contributed by atoms with E-state index in [4.69, 9.17) is 13.9 Å². The Hall–Kier alpha value is -2.10. The molecule has 0 saturated carbocycles. The van der Waals surface area contributed by atoms with Gasteiger partial charge >= 0.3 is 0 Å². The molecule has 7 nitrogen and oxygen atoms in total. The van der Waals surface area contributed by atoms with E-state index in [-0.39, 0.29) is 29.7 Å². The molecule has 0 aliphatic carbocycles. The van der Waals surface area contributed by atoms with Crippen LogP contribution in [0.3, 0.4) is 0 Å². The number of furan rings is 1. The zero-order valence-electron chi connectivity index (χ0n) is 15.2. The first-order valence-corrected chi connectivity index (χ1v) is 8.16. The number of hydrogen-bond acceptors (Lipinski definition) is 5. The number of rotatable bonds is 8. The van der Waals surface area contributed by atoms with Crippen molar-refractivity contribution in [1.29, 1.82) is 0 Å². The molecule has 2 rings (SSSR count). The van der Waals surface area contributed by atoms with Gasteiger partial charge in [-0.3, -0.25) is 0 Å². The minimum atomic E-state index is -0.0128. The Balaban J connectivity index is 0.00000338. The van der Waals surface area contributed by atoms with E-state index >= 15 is 0 Å². The van der Waals surface area contributed by atoms with Crippen molar-refractivity contribution in [3.05, 3.63) is 41.9 Å². The third kappa shape index (κ3) is 6.32. The summed E-state index contributed by atoms with van der Waals surface area (Å²) in [5.41, 5.74) is 0.870. The highest BCUT2D eigenvalue weighted by molar-refractivity contribution is 14.0. The fourth-order valence-electron chi connectivity index (χ4n) is 2.31. The van der Waals surface area contributed by atoms with E-state index in [1.807, 2.05) is 19.1 Å². The highest BCUT2D eigenvalue weighted by Gasteiger charge is 2.11. The first-order valence-electron chi connectivity index (χ1n) is 8.16. The van der Waals surface area contributed by atoms with E-state index in [1.54, 1.807) is 18.4 Å². The van der Waals surface area contributed by atoms with Crippen molar-refractivity contribution in [2.75, 3.05) is 27.3 Å². The number of nitrogens with zero attached hydrogens (tertiary/aromatic N) is 1. The van der Waals surface area contributed by atoms with Gasteiger partial charge in [-0.2, -0.15) is 0 Å². The number of nitrogens with one attached hydrogen (secondary N) is 2. The van der Waals surface area contributed by atoms with Crippen molar-refractivity contribution in [3.8, 4) is 17.2 Å². The van der Waals surface area contributed by atoms with Crippen LogP contribution in [0.4, 0.5) is 0 Å². The Morgan fingerprint density at radius 2 is 1.88 bits per heavy atom. The van der Waals surface area contributed by atoms with Gasteiger partial charge in [0, 0.05) is 19.5 Å². The molecule has 0 spiro atoms. The molecule has 0 saturated heterocycles. The molecule has 26 heavy (non-hydrogen) atoms. The average molecular weight is 475 g/mol. The van der Waals surface area contributed by atoms with Crippen LogP contribution in [0.15, 0.2) is 39.9 Å². The van der Waals surface area contributed by atoms with Crippen molar-refractivity contribution in [2.24, 2.45) is 4.99 Å². The number of aromatic hydroxyl groups is 1. The van der Waals surface area contributed by atoms with Crippen molar-refractivity contribution < 1.29 is 19.0 Å². The number of ether oxygens (including phenoxy) is 2. The monoisotopic (exact) mass is 475 g/mol. The van der Waals surface area contributed by atoms with E-state index < -0.39 is 0 Å². The summed E-state index contributed by atoms with van der Waals surface area (Å²) in [7, 11) is 3.00.